The number of hydrogen-bond acceptors (Lipinski definition) is 9. The lowest BCUT2D eigenvalue weighted by molar-refractivity contribution is -0.141. The van der Waals surface area contributed by atoms with Crippen molar-refractivity contribution in [2.75, 3.05) is 26.2 Å². The molecule has 12 nitrogen and oxygen atoms in total. The number of anilines is 1. The van der Waals surface area contributed by atoms with Crippen LogP contribution in [0.4, 0.5) is 5.69 Å². The van der Waals surface area contributed by atoms with Crippen LogP contribution in [-0.2, 0) is 47.5 Å². The maximum atomic E-state index is 13.9. The maximum Gasteiger partial charge on any atom is 0.305 e. The van der Waals surface area contributed by atoms with E-state index in [0.717, 1.165) is 90.8 Å². The Morgan fingerprint density at radius 3 is 2.17 bits per heavy atom. The number of ether oxygens (including phenoxy) is 2. The number of aromatic nitrogens is 4. The standard InChI is InChI=1S/C48H52N6O6/c1-10-28-24(3)35-22-40-48(11-2)33-18-27(23-55)12-15-39(33)54(7)45-32(46(49)58)19-31(44(53-40)47(45,48)6)43-26(5)30(14-17-42(57)60-9)38(52-43)21-37-29(13-16-41(56)59-8)25(4)34(50-37)20-36(28)51-35/h12,15,18-23,45,50-51H,10-11,13-14,16-17H2,1-9H3,(H2,49,58). The number of aldehydes is 1. The summed E-state index contributed by atoms with van der Waals surface area (Å²) in [5.74, 6) is -1.21. The van der Waals surface area contributed by atoms with Crippen LogP contribution in [0.3, 0.4) is 0 Å². The monoisotopic (exact) mass is 808 g/mol. The fourth-order valence-corrected chi connectivity index (χ4v) is 10.9. The van der Waals surface area contributed by atoms with Crippen molar-refractivity contribution in [3.05, 3.63) is 104 Å². The van der Waals surface area contributed by atoms with E-state index in [1.165, 1.54) is 14.2 Å². The molecule has 3 unspecified atom stereocenters. The van der Waals surface area contributed by atoms with Crippen LogP contribution in [-0.4, -0.2) is 71.4 Å². The van der Waals surface area contributed by atoms with Gasteiger partial charge in [-0.2, -0.15) is 0 Å². The predicted molar refractivity (Wildman–Crippen MR) is 234 cm³/mol. The summed E-state index contributed by atoms with van der Waals surface area (Å²) < 4.78 is 10.1. The molecule has 6 heterocycles. The van der Waals surface area contributed by atoms with E-state index in [4.69, 9.17) is 25.2 Å². The van der Waals surface area contributed by atoms with Crippen LogP contribution < -0.4 is 10.6 Å². The van der Waals surface area contributed by atoms with Crippen molar-refractivity contribution in [1.82, 2.24) is 19.9 Å². The highest BCUT2D eigenvalue weighted by molar-refractivity contribution is 6.04. The molecule has 0 saturated carbocycles. The summed E-state index contributed by atoms with van der Waals surface area (Å²) in [6.07, 6.45) is 5.18. The van der Waals surface area contributed by atoms with Crippen molar-refractivity contribution in [1.29, 1.82) is 0 Å². The van der Waals surface area contributed by atoms with Crippen molar-refractivity contribution in [2.45, 2.75) is 96.9 Å². The van der Waals surface area contributed by atoms with Gasteiger partial charge in [0.2, 0.25) is 5.91 Å². The molecule has 0 spiro atoms. The van der Waals surface area contributed by atoms with E-state index >= 15 is 0 Å². The Kier molecular flexibility index (Phi) is 9.96. The molecule has 1 amide bonds. The zero-order chi connectivity index (χ0) is 43.0. The number of hydrogen-bond donors (Lipinski definition) is 3. The minimum absolute atomic E-state index is 0.125. The molecule has 12 heteroatoms. The van der Waals surface area contributed by atoms with Gasteiger partial charge in [0.05, 0.1) is 53.9 Å². The number of benzene rings is 1. The molecule has 8 rings (SSSR count). The number of H-pyrrole nitrogens is 2. The average molecular weight is 809 g/mol. The quantitative estimate of drug-likeness (QED) is 0.107. The first-order valence-corrected chi connectivity index (χ1v) is 20.6. The zero-order valence-electron chi connectivity index (χ0n) is 35.8. The van der Waals surface area contributed by atoms with E-state index in [2.05, 4.69) is 54.7 Å². The van der Waals surface area contributed by atoms with Crippen molar-refractivity contribution in [3.8, 4) is 0 Å². The number of primary amides is 1. The van der Waals surface area contributed by atoms with E-state index in [-0.39, 0.29) is 24.8 Å². The number of likely N-dealkylation sites (N-methyl/N-ethyl adjacent to an activating group) is 1. The number of nitrogens with zero attached hydrogens (tertiary/aromatic N) is 3. The van der Waals surface area contributed by atoms with Gasteiger partial charge in [0, 0.05) is 64.3 Å². The molecule has 310 valence electrons. The van der Waals surface area contributed by atoms with Gasteiger partial charge < -0.3 is 30.1 Å². The number of allylic oxidation sites excluding steroid dienone is 2. The number of fused-ring (bicyclic) bond motifs is 11. The normalized spacial score (nSPS) is 20.1. The smallest absolute Gasteiger partial charge is 0.305 e. The lowest BCUT2D eigenvalue weighted by Gasteiger charge is -2.58. The Balaban J connectivity index is 1.60. The molecule has 0 saturated heterocycles. The van der Waals surface area contributed by atoms with E-state index in [9.17, 15) is 19.2 Å². The number of amides is 1. The first-order chi connectivity index (χ1) is 28.7. The van der Waals surface area contributed by atoms with Crippen LogP contribution >= 0.6 is 0 Å². The lowest BCUT2D eigenvalue weighted by atomic mass is 9.50. The van der Waals surface area contributed by atoms with Gasteiger partial charge in [-0.15, -0.1) is 0 Å². The predicted octanol–water partition coefficient (Wildman–Crippen LogP) is 7.65. The summed E-state index contributed by atoms with van der Waals surface area (Å²) >= 11 is 0. The Labute approximate surface area is 349 Å². The third-order valence-electron chi connectivity index (χ3n) is 14.0. The highest BCUT2D eigenvalue weighted by Gasteiger charge is 2.66. The first-order valence-electron chi connectivity index (χ1n) is 20.6. The second-order valence-electron chi connectivity index (χ2n) is 16.6. The summed E-state index contributed by atoms with van der Waals surface area (Å²) in [6.45, 7) is 12.6. The van der Waals surface area contributed by atoms with Crippen LogP contribution in [0.1, 0.15) is 120 Å². The number of nitrogens with one attached hydrogen (secondary N) is 2. The van der Waals surface area contributed by atoms with Gasteiger partial charge in [-0.3, -0.25) is 24.2 Å². The second kappa shape index (κ2) is 14.8. The van der Waals surface area contributed by atoms with Gasteiger partial charge in [0.1, 0.15) is 6.29 Å². The minimum atomic E-state index is -0.879. The van der Waals surface area contributed by atoms with Gasteiger partial charge in [-0.1, -0.05) is 20.8 Å². The van der Waals surface area contributed by atoms with E-state index < -0.39 is 22.8 Å². The third-order valence-corrected chi connectivity index (χ3v) is 14.0. The fourth-order valence-electron chi connectivity index (χ4n) is 10.9. The number of nitrogens with two attached hydrogens (primary N) is 1. The molecule has 3 atom stereocenters. The largest absolute Gasteiger partial charge is 0.469 e. The van der Waals surface area contributed by atoms with Crippen LogP contribution in [0.2, 0.25) is 0 Å². The SMILES string of the molecule is CCc1c(C)c2cc3nc4c(c5nc(cc6[nH]c(cc1[nH]2)c(C)c6CCC(=O)OC)C(CCC(=O)OC)=C5C)C=C(C(N)=O)C1N(C)c2ccc(C=O)cc2C3(CC)C41C. The Hall–Kier alpha value is -6.30. The van der Waals surface area contributed by atoms with Crippen molar-refractivity contribution >= 4 is 69.1 Å². The van der Waals surface area contributed by atoms with E-state index in [1.807, 2.05) is 51.2 Å². The average Bonchev–Trinajstić information content (AvgIpc) is 3.90. The second-order valence-corrected chi connectivity index (χ2v) is 16.6. The molecule has 0 radical (unpaired) electrons. The number of methoxy groups -OCH3 is 2. The Bertz CT molecular complexity index is 2790. The first kappa shape index (κ1) is 40.5. The summed E-state index contributed by atoms with van der Waals surface area (Å²) in [6, 6.07) is 11.5. The maximum absolute atomic E-state index is 13.9. The minimum Gasteiger partial charge on any atom is -0.469 e. The van der Waals surface area contributed by atoms with Crippen molar-refractivity contribution in [2.24, 2.45) is 5.73 Å². The number of carbonyl (C=O) groups excluding carboxylic acids is 4. The topological polar surface area (TPSA) is 173 Å². The van der Waals surface area contributed by atoms with Crippen LogP contribution in [0.25, 0.3) is 39.3 Å². The number of aryl methyl sites for hydroxylation is 4. The van der Waals surface area contributed by atoms with Crippen LogP contribution in [0.5, 0.6) is 0 Å². The molecule has 8 bridgehead atoms. The number of esters is 2. The van der Waals surface area contributed by atoms with Crippen molar-refractivity contribution in [3.63, 3.8) is 0 Å². The number of aromatic amines is 2. The highest BCUT2D eigenvalue weighted by Crippen LogP contribution is 2.64. The zero-order valence-corrected chi connectivity index (χ0v) is 35.8. The fraction of sp³-hybridized carbons (Fsp3) is 0.375. The van der Waals surface area contributed by atoms with Gasteiger partial charge in [0.25, 0.3) is 0 Å². The number of rotatable bonds is 10. The lowest BCUT2D eigenvalue weighted by Crippen LogP contribution is -2.64. The van der Waals surface area contributed by atoms with Crippen molar-refractivity contribution < 1.29 is 28.7 Å². The molecule has 1 aliphatic carbocycles. The van der Waals surface area contributed by atoms with Gasteiger partial charge in [0.15, 0.2) is 0 Å². The molecular formula is C48H52N6O6. The molecule has 4 aromatic rings. The molecule has 1 aromatic carbocycles. The Morgan fingerprint density at radius 2 is 1.53 bits per heavy atom. The summed E-state index contributed by atoms with van der Waals surface area (Å²) in [5, 5.41) is 0. The van der Waals surface area contributed by atoms with Crippen LogP contribution in [0, 0.1) is 13.8 Å². The highest BCUT2D eigenvalue weighted by atomic mass is 16.5. The molecule has 3 aliphatic heterocycles. The van der Waals surface area contributed by atoms with E-state index in [1.54, 1.807) is 0 Å². The Morgan fingerprint density at radius 1 is 0.883 bits per heavy atom. The van der Waals surface area contributed by atoms with Gasteiger partial charge in [-0.25, -0.2) is 4.98 Å². The summed E-state index contributed by atoms with van der Waals surface area (Å²) in [5.41, 5.74) is 20.4. The molecule has 4 aliphatic rings. The van der Waals surface area contributed by atoms with E-state index in [0.29, 0.717) is 47.4 Å². The van der Waals surface area contributed by atoms with Gasteiger partial charge >= 0.3 is 11.9 Å². The molecular weight excluding hydrogens is 757 g/mol. The summed E-state index contributed by atoms with van der Waals surface area (Å²) in [4.78, 5) is 72.1. The third kappa shape index (κ3) is 5.70. The molecule has 4 N–H and O–H groups in total. The van der Waals surface area contributed by atoms with Gasteiger partial charge in [-0.05, 0) is 128 Å². The molecule has 60 heavy (non-hydrogen) atoms. The number of carbonyl (C=O) groups is 4. The van der Waals surface area contributed by atoms with Crippen LogP contribution in [0.15, 0.2) is 42.0 Å². The summed E-state index contributed by atoms with van der Waals surface area (Å²) in [7, 11) is 4.74. The molecule has 3 aromatic heterocycles. The molecule has 0 fully saturated rings.